The Bertz CT molecular complexity index is 955. The molecule has 2 aromatic rings. The smallest absolute Gasteiger partial charge is 0.258 e. The summed E-state index contributed by atoms with van der Waals surface area (Å²) in [5.74, 6) is -0.624. The van der Waals surface area contributed by atoms with Crippen LogP contribution in [-0.4, -0.2) is 29.0 Å². The maximum atomic E-state index is 13.0. The summed E-state index contributed by atoms with van der Waals surface area (Å²) in [6, 6.07) is 11.2. The minimum absolute atomic E-state index is 0.262. The highest BCUT2D eigenvalue weighted by Crippen LogP contribution is 2.38. The molecule has 0 spiro atoms. The molecule has 27 heavy (non-hydrogen) atoms. The highest BCUT2D eigenvalue weighted by atomic mass is 16.2. The first-order chi connectivity index (χ1) is 13.1. The van der Waals surface area contributed by atoms with E-state index in [2.05, 4.69) is 28.3 Å². The lowest BCUT2D eigenvalue weighted by molar-refractivity contribution is -0.119. The van der Waals surface area contributed by atoms with Gasteiger partial charge in [-0.25, -0.2) is 0 Å². The molecule has 7 nitrogen and oxygen atoms in total. The fourth-order valence-electron chi connectivity index (χ4n) is 3.89. The highest BCUT2D eigenvalue weighted by molar-refractivity contribution is 5.97. The van der Waals surface area contributed by atoms with Crippen molar-refractivity contribution >= 4 is 17.7 Å². The first kappa shape index (κ1) is 17.3. The SMILES string of the molecule is CC1CCN(c2nc3c(c(=O)[nH]2)[C@@H](c2ccccc2)[C@H](C#N)C(=O)N3)CC1. The summed E-state index contributed by atoms with van der Waals surface area (Å²) in [5.41, 5.74) is 0.802. The van der Waals surface area contributed by atoms with Gasteiger partial charge in [-0.2, -0.15) is 10.2 Å². The first-order valence-corrected chi connectivity index (χ1v) is 9.23. The standard InChI is InChI=1S/C20H21N5O2/c1-12-7-9-25(10-8-12)20-23-17-16(19(27)24-20)15(13-5-3-2-4-6-13)14(11-21)18(26)22-17/h2-6,12,14-15H,7-10H2,1H3,(H2,22,23,24,26,27)/t14-,15-/m0/s1. The molecule has 2 N–H and O–H groups in total. The molecule has 0 unspecified atom stereocenters. The summed E-state index contributed by atoms with van der Waals surface area (Å²) in [6.07, 6.45) is 2.08. The molecular weight excluding hydrogens is 342 g/mol. The van der Waals surface area contributed by atoms with Crippen molar-refractivity contribution in [3.8, 4) is 6.07 Å². The number of nitriles is 1. The van der Waals surface area contributed by atoms with Gasteiger partial charge in [0, 0.05) is 19.0 Å². The molecule has 2 atom stereocenters. The fraction of sp³-hybridized carbons (Fsp3) is 0.400. The third kappa shape index (κ3) is 3.08. The quantitative estimate of drug-likeness (QED) is 0.852. The van der Waals surface area contributed by atoms with E-state index in [4.69, 9.17) is 0 Å². The first-order valence-electron chi connectivity index (χ1n) is 9.23. The Labute approximate surface area is 157 Å². The van der Waals surface area contributed by atoms with E-state index < -0.39 is 17.7 Å². The van der Waals surface area contributed by atoms with Crippen LogP contribution < -0.4 is 15.8 Å². The van der Waals surface area contributed by atoms with Crippen molar-refractivity contribution in [1.82, 2.24) is 9.97 Å². The largest absolute Gasteiger partial charge is 0.342 e. The number of rotatable bonds is 2. The zero-order chi connectivity index (χ0) is 19.0. The number of aromatic amines is 1. The minimum atomic E-state index is -0.968. The van der Waals surface area contributed by atoms with Crippen molar-refractivity contribution in [2.75, 3.05) is 23.3 Å². The number of nitrogens with zero attached hydrogens (tertiary/aromatic N) is 3. The summed E-state index contributed by atoms with van der Waals surface area (Å²) in [7, 11) is 0. The van der Waals surface area contributed by atoms with Crippen LogP contribution in [0.25, 0.3) is 0 Å². The number of carbonyl (C=O) groups is 1. The van der Waals surface area contributed by atoms with Crippen molar-refractivity contribution in [3.63, 3.8) is 0 Å². The summed E-state index contributed by atoms with van der Waals surface area (Å²) in [6.45, 7) is 3.85. The molecule has 2 aliphatic rings. The Morgan fingerprint density at radius 1 is 1.19 bits per heavy atom. The molecule has 0 radical (unpaired) electrons. The van der Waals surface area contributed by atoms with Crippen LogP contribution >= 0.6 is 0 Å². The van der Waals surface area contributed by atoms with E-state index in [0.717, 1.165) is 31.5 Å². The molecule has 0 aliphatic carbocycles. The van der Waals surface area contributed by atoms with Gasteiger partial charge in [0.15, 0.2) is 0 Å². The molecule has 4 rings (SSSR count). The highest BCUT2D eigenvalue weighted by Gasteiger charge is 2.40. The lowest BCUT2D eigenvalue weighted by Gasteiger charge is -2.32. The Kier molecular flexibility index (Phi) is 4.40. The molecule has 1 fully saturated rings. The number of piperidine rings is 1. The fourth-order valence-corrected chi connectivity index (χ4v) is 3.89. The Morgan fingerprint density at radius 3 is 2.56 bits per heavy atom. The van der Waals surface area contributed by atoms with Crippen LogP contribution in [0.3, 0.4) is 0 Å². The molecule has 1 amide bonds. The maximum Gasteiger partial charge on any atom is 0.258 e. The Balaban J connectivity index is 1.80. The number of fused-ring (bicyclic) bond motifs is 1. The second kappa shape index (κ2) is 6.88. The normalized spacial score (nSPS) is 22.7. The zero-order valence-corrected chi connectivity index (χ0v) is 15.1. The molecule has 1 aromatic heterocycles. The number of H-pyrrole nitrogens is 1. The van der Waals surface area contributed by atoms with Crippen molar-refractivity contribution < 1.29 is 4.79 Å². The third-order valence-electron chi connectivity index (χ3n) is 5.49. The van der Waals surface area contributed by atoms with Gasteiger partial charge >= 0.3 is 0 Å². The van der Waals surface area contributed by atoms with Crippen LogP contribution in [0.1, 0.15) is 36.8 Å². The average Bonchev–Trinajstić information content (AvgIpc) is 2.68. The van der Waals surface area contributed by atoms with Crippen LogP contribution in [0.4, 0.5) is 11.8 Å². The van der Waals surface area contributed by atoms with Gasteiger partial charge < -0.3 is 10.2 Å². The number of carbonyl (C=O) groups excluding carboxylic acids is 1. The van der Waals surface area contributed by atoms with Crippen LogP contribution in [0.15, 0.2) is 35.1 Å². The number of benzene rings is 1. The second-order valence-electron chi connectivity index (χ2n) is 7.31. The molecule has 3 heterocycles. The van der Waals surface area contributed by atoms with E-state index in [1.165, 1.54) is 0 Å². The molecule has 138 valence electrons. The lowest BCUT2D eigenvalue weighted by Crippen LogP contribution is -2.40. The van der Waals surface area contributed by atoms with Gasteiger partial charge in [0.2, 0.25) is 11.9 Å². The molecule has 2 aliphatic heterocycles. The Hall–Kier alpha value is -3.14. The van der Waals surface area contributed by atoms with Crippen LogP contribution in [-0.2, 0) is 4.79 Å². The van der Waals surface area contributed by atoms with E-state index in [0.29, 0.717) is 17.4 Å². The number of nitrogens with one attached hydrogen (secondary N) is 2. The van der Waals surface area contributed by atoms with Crippen molar-refractivity contribution in [2.45, 2.75) is 25.7 Å². The van der Waals surface area contributed by atoms with E-state index in [1.807, 2.05) is 35.2 Å². The van der Waals surface area contributed by atoms with Crippen LogP contribution in [0.2, 0.25) is 0 Å². The summed E-state index contributed by atoms with van der Waals surface area (Å²) >= 11 is 0. The van der Waals surface area contributed by atoms with Gasteiger partial charge in [0.25, 0.3) is 5.56 Å². The number of aromatic nitrogens is 2. The van der Waals surface area contributed by atoms with Crippen molar-refractivity contribution in [1.29, 1.82) is 5.26 Å². The topological polar surface area (TPSA) is 102 Å². The molecular formula is C20H21N5O2. The van der Waals surface area contributed by atoms with Gasteiger partial charge in [-0.15, -0.1) is 0 Å². The van der Waals surface area contributed by atoms with Gasteiger partial charge in [0.1, 0.15) is 11.7 Å². The molecule has 1 aromatic carbocycles. The lowest BCUT2D eigenvalue weighted by atomic mass is 9.79. The molecule has 0 bridgehead atoms. The molecule has 1 saturated heterocycles. The van der Waals surface area contributed by atoms with Crippen LogP contribution in [0.5, 0.6) is 0 Å². The van der Waals surface area contributed by atoms with Crippen LogP contribution in [0, 0.1) is 23.2 Å². The van der Waals surface area contributed by atoms with Gasteiger partial charge in [-0.05, 0) is 24.3 Å². The predicted octanol–water partition coefficient (Wildman–Crippen LogP) is 2.23. The number of anilines is 2. The van der Waals surface area contributed by atoms with Crippen molar-refractivity contribution in [3.05, 3.63) is 51.8 Å². The monoisotopic (exact) mass is 363 g/mol. The maximum absolute atomic E-state index is 13.0. The number of amides is 1. The van der Waals surface area contributed by atoms with Crippen molar-refractivity contribution in [2.24, 2.45) is 11.8 Å². The van der Waals surface area contributed by atoms with E-state index >= 15 is 0 Å². The van der Waals surface area contributed by atoms with Gasteiger partial charge in [-0.1, -0.05) is 37.3 Å². The van der Waals surface area contributed by atoms with E-state index in [1.54, 1.807) is 0 Å². The third-order valence-corrected chi connectivity index (χ3v) is 5.49. The molecule has 7 heteroatoms. The van der Waals surface area contributed by atoms with E-state index in [9.17, 15) is 14.9 Å². The number of hydrogen-bond donors (Lipinski definition) is 2. The summed E-state index contributed by atoms with van der Waals surface area (Å²) in [5, 5.41) is 12.2. The predicted molar refractivity (Wildman–Crippen MR) is 101 cm³/mol. The minimum Gasteiger partial charge on any atom is -0.342 e. The van der Waals surface area contributed by atoms with E-state index in [-0.39, 0.29) is 11.4 Å². The zero-order valence-electron chi connectivity index (χ0n) is 15.1. The summed E-state index contributed by atoms with van der Waals surface area (Å²) < 4.78 is 0. The molecule has 0 saturated carbocycles. The summed E-state index contributed by atoms with van der Waals surface area (Å²) in [4.78, 5) is 34.9. The van der Waals surface area contributed by atoms with Gasteiger partial charge in [0.05, 0.1) is 11.6 Å². The average molecular weight is 363 g/mol. The second-order valence-corrected chi connectivity index (χ2v) is 7.31. The Morgan fingerprint density at radius 2 is 1.89 bits per heavy atom. The number of hydrogen-bond acceptors (Lipinski definition) is 5. The van der Waals surface area contributed by atoms with Gasteiger partial charge in [-0.3, -0.25) is 14.6 Å².